The van der Waals surface area contributed by atoms with E-state index in [1.807, 2.05) is 13.8 Å². The maximum atomic E-state index is 10.9. The van der Waals surface area contributed by atoms with Crippen molar-refractivity contribution in [2.45, 2.75) is 26.7 Å². The van der Waals surface area contributed by atoms with Crippen LogP contribution in [-0.2, 0) is 12.8 Å². The Balaban J connectivity index is 3.29. The van der Waals surface area contributed by atoms with E-state index in [0.29, 0.717) is 17.7 Å². The summed E-state index contributed by atoms with van der Waals surface area (Å²) in [5, 5.41) is 8.97. The highest BCUT2D eigenvalue weighted by molar-refractivity contribution is 5.90. The topological polar surface area (TPSA) is 50.2 Å². The Morgan fingerprint density at radius 2 is 2.15 bits per heavy atom. The molecule has 0 spiro atoms. The molecular formula is C10H13NO2. The molecule has 0 atom stereocenters. The Kier molecular flexibility index (Phi) is 3.01. The smallest absolute Gasteiger partial charge is 0.337 e. The number of hydrogen-bond donors (Lipinski definition) is 1. The number of hydrogen-bond acceptors (Lipinski definition) is 2. The summed E-state index contributed by atoms with van der Waals surface area (Å²) in [6.07, 6.45) is 3.07. The summed E-state index contributed by atoms with van der Waals surface area (Å²) in [5.41, 5.74) is 1.92. The van der Waals surface area contributed by atoms with Gasteiger partial charge in [-0.05, 0) is 24.5 Å². The summed E-state index contributed by atoms with van der Waals surface area (Å²) in [7, 11) is 0. The highest BCUT2D eigenvalue weighted by Gasteiger charge is 2.13. The Morgan fingerprint density at radius 3 is 2.62 bits per heavy atom. The van der Waals surface area contributed by atoms with Crippen molar-refractivity contribution in [2.75, 3.05) is 0 Å². The van der Waals surface area contributed by atoms with E-state index < -0.39 is 5.97 Å². The van der Waals surface area contributed by atoms with Gasteiger partial charge in [0.2, 0.25) is 0 Å². The highest BCUT2D eigenvalue weighted by Crippen LogP contribution is 2.13. The maximum absolute atomic E-state index is 10.9. The molecule has 1 N–H and O–H groups in total. The van der Waals surface area contributed by atoms with Crippen molar-refractivity contribution >= 4 is 5.97 Å². The minimum atomic E-state index is -0.873. The molecule has 3 heteroatoms. The molecule has 0 amide bonds. The summed E-state index contributed by atoms with van der Waals surface area (Å²) < 4.78 is 0. The van der Waals surface area contributed by atoms with Crippen LogP contribution in [0.25, 0.3) is 0 Å². The maximum Gasteiger partial charge on any atom is 0.337 e. The molecule has 0 bridgehead atoms. The zero-order valence-corrected chi connectivity index (χ0v) is 7.87. The number of rotatable bonds is 3. The van der Waals surface area contributed by atoms with E-state index in [1.54, 1.807) is 12.3 Å². The van der Waals surface area contributed by atoms with Gasteiger partial charge in [0.25, 0.3) is 0 Å². The number of carbonyl (C=O) groups is 1. The summed E-state index contributed by atoms with van der Waals surface area (Å²) in [4.78, 5) is 15.0. The van der Waals surface area contributed by atoms with Gasteiger partial charge in [0.05, 0.1) is 11.3 Å². The molecule has 0 aliphatic carbocycles. The van der Waals surface area contributed by atoms with E-state index in [1.165, 1.54) is 0 Å². The van der Waals surface area contributed by atoms with Crippen LogP contribution in [0.15, 0.2) is 12.3 Å². The van der Waals surface area contributed by atoms with Crippen LogP contribution in [0.5, 0.6) is 0 Å². The van der Waals surface area contributed by atoms with Crippen molar-refractivity contribution in [1.82, 2.24) is 4.98 Å². The van der Waals surface area contributed by atoms with Crippen LogP contribution in [0.2, 0.25) is 0 Å². The fraction of sp³-hybridized carbons (Fsp3) is 0.400. The molecule has 1 aromatic rings. The van der Waals surface area contributed by atoms with E-state index >= 15 is 0 Å². The van der Waals surface area contributed by atoms with Crippen molar-refractivity contribution in [3.8, 4) is 0 Å². The molecule has 0 saturated heterocycles. The number of pyridine rings is 1. The van der Waals surface area contributed by atoms with Crippen LogP contribution in [0, 0.1) is 0 Å². The van der Waals surface area contributed by atoms with E-state index in [9.17, 15) is 4.79 Å². The van der Waals surface area contributed by atoms with Crippen LogP contribution in [0.3, 0.4) is 0 Å². The van der Waals surface area contributed by atoms with Crippen molar-refractivity contribution in [3.05, 3.63) is 29.1 Å². The van der Waals surface area contributed by atoms with Gasteiger partial charge in [0.15, 0.2) is 0 Å². The van der Waals surface area contributed by atoms with Crippen LogP contribution < -0.4 is 0 Å². The zero-order valence-electron chi connectivity index (χ0n) is 7.87. The number of carboxylic acids is 1. The minimum absolute atomic E-state index is 0.382. The van der Waals surface area contributed by atoms with Crippen LogP contribution >= 0.6 is 0 Å². The molecule has 3 nitrogen and oxygen atoms in total. The number of aromatic carboxylic acids is 1. The molecule has 13 heavy (non-hydrogen) atoms. The molecule has 70 valence electrons. The number of carboxylic acid groups (broad SMARTS) is 1. The molecule has 0 unspecified atom stereocenters. The first-order chi connectivity index (χ1) is 6.20. The molecule has 0 aliphatic rings. The first-order valence-electron chi connectivity index (χ1n) is 4.40. The SMILES string of the molecule is CCc1ccnc(CC)c1C(=O)O. The molecule has 0 aliphatic heterocycles. The summed E-state index contributed by atoms with van der Waals surface area (Å²) in [6, 6.07) is 1.77. The number of nitrogens with zero attached hydrogens (tertiary/aromatic N) is 1. The lowest BCUT2D eigenvalue weighted by Crippen LogP contribution is -2.08. The van der Waals surface area contributed by atoms with Crippen LogP contribution in [-0.4, -0.2) is 16.1 Å². The third-order valence-electron chi connectivity index (χ3n) is 2.05. The average molecular weight is 179 g/mol. The summed E-state index contributed by atoms with van der Waals surface area (Å²) in [6.45, 7) is 3.86. The Bertz CT molecular complexity index is 298. The van der Waals surface area contributed by atoms with Crippen molar-refractivity contribution in [1.29, 1.82) is 0 Å². The molecule has 0 fully saturated rings. The second-order valence-electron chi connectivity index (χ2n) is 2.80. The largest absolute Gasteiger partial charge is 0.478 e. The van der Waals surface area contributed by atoms with Crippen LogP contribution in [0.1, 0.15) is 35.5 Å². The zero-order chi connectivity index (χ0) is 9.84. The van der Waals surface area contributed by atoms with E-state index in [0.717, 1.165) is 12.0 Å². The molecule has 0 saturated carbocycles. The van der Waals surface area contributed by atoms with Crippen molar-refractivity contribution < 1.29 is 9.90 Å². The first-order valence-corrected chi connectivity index (χ1v) is 4.40. The fourth-order valence-electron chi connectivity index (χ4n) is 1.37. The lowest BCUT2D eigenvalue weighted by Gasteiger charge is -2.06. The number of aromatic nitrogens is 1. The van der Waals surface area contributed by atoms with Crippen LogP contribution in [0.4, 0.5) is 0 Å². The van der Waals surface area contributed by atoms with E-state index in [4.69, 9.17) is 5.11 Å². The molecular weight excluding hydrogens is 166 g/mol. The van der Waals surface area contributed by atoms with Gasteiger partial charge in [-0.1, -0.05) is 13.8 Å². The molecule has 1 aromatic heterocycles. The lowest BCUT2D eigenvalue weighted by molar-refractivity contribution is 0.0694. The summed E-state index contributed by atoms with van der Waals surface area (Å²) in [5.74, 6) is -0.873. The van der Waals surface area contributed by atoms with Crippen molar-refractivity contribution in [2.24, 2.45) is 0 Å². The highest BCUT2D eigenvalue weighted by atomic mass is 16.4. The standard InChI is InChI=1S/C10H13NO2/c1-3-7-5-6-11-8(4-2)9(7)10(12)13/h5-6H,3-4H2,1-2H3,(H,12,13). The van der Waals surface area contributed by atoms with Gasteiger partial charge in [0.1, 0.15) is 0 Å². The quantitative estimate of drug-likeness (QED) is 0.771. The fourth-order valence-corrected chi connectivity index (χ4v) is 1.37. The number of aryl methyl sites for hydroxylation is 2. The van der Waals surface area contributed by atoms with Gasteiger partial charge < -0.3 is 5.11 Å². The summed E-state index contributed by atoms with van der Waals surface area (Å²) >= 11 is 0. The third kappa shape index (κ3) is 1.86. The normalized spacial score (nSPS) is 10.0. The second kappa shape index (κ2) is 4.03. The lowest BCUT2D eigenvalue weighted by atomic mass is 10.0. The Morgan fingerprint density at radius 1 is 1.46 bits per heavy atom. The first kappa shape index (κ1) is 9.71. The molecule has 1 rings (SSSR count). The van der Waals surface area contributed by atoms with Gasteiger partial charge >= 0.3 is 5.97 Å². The molecule has 0 aromatic carbocycles. The minimum Gasteiger partial charge on any atom is -0.478 e. The monoisotopic (exact) mass is 179 g/mol. The third-order valence-corrected chi connectivity index (χ3v) is 2.05. The average Bonchev–Trinajstić information content (AvgIpc) is 2.16. The molecule has 0 radical (unpaired) electrons. The Labute approximate surface area is 77.4 Å². The van der Waals surface area contributed by atoms with Crippen molar-refractivity contribution in [3.63, 3.8) is 0 Å². The molecule has 1 heterocycles. The predicted octanol–water partition coefficient (Wildman–Crippen LogP) is 1.90. The van der Waals surface area contributed by atoms with Gasteiger partial charge in [-0.25, -0.2) is 4.79 Å². The van der Waals surface area contributed by atoms with Gasteiger partial charge in [-0.3, -0.25) is 4.98 Å². The van der Waals surface area contributed by atoms with Gasteiger partial charge in [-0.2, -0.15) is 0 Å². The second-order valence-corrected chi connectivity index (χ2v) is 2.80. The van der Waals surface area contributed by atoms with E-state index in [-0.39, 0.29) is 0 Å². The Hall–Kier alpha value is -1.38. The predicted molar refractivity (Wildman–Crippen MR) is 50.0 cm³/mol. The van der Waals surface area contributed by atoms with Gasteiger partial charge in [-0.15, -0.1) is 0 Å². The van der Waals surface area contributed by atoms with E-state index in [2.05, 4.69) is 4.98 Å². The van der Waals surface area contributed by atoms with Gasteiger partial charge in [0, 0.05) is 6.20 Å².